The molecule has 3 N–H and O–H groups in total. The molecule has 2 aromatic carbocycles. The van der Waals surface area contributed by atoms with Crippen molar-refractivity contribution < 1.29 is 28.8 Å². The molecule has 9 heteroatoms. The monoisotopic (exact) mass is 547 g/mol. The van der Waals surface area contributed by atoms with E-state index in [0.717, 1.165) is 42.4 Å². The zero-order valence-corrected chi connectivity index (χ0v) is 23.0. The lowest BCUT2D eigenvalue weighted by Gasteiger charge is -2.25. The van der Waals surface area contributed by atoms with Crippen LogP contribution in [0.3, 0.4) is 0 Å². The van der Waals surface area contributed by atoms with Gasteiger partial charge in [0.15, 0.2) is 0 Å². The van der Waals surface area contributed by atoms with Crippen molar-refractivity contribution >= 4 is 17.8 Å². The van der Waals surface area contributed by atoms with E-state index < -0.39 is 35.8 Å². The maximum atomic E-state index is 13.4. The second-order valence-electron chi connectivity index (χ2n) is 10.4. The predicted octanol–water partition coefficient (Wildman–Crippen LogP) is 4.07. The molecule has 2 amide bonds. The summed E-state index contributed by atoms with van der Waals surface area (Å²) in [5.41, 5.74) is 3.04. The topological polar surface area (TPSA) is 131 Å². The number of esters is 1. The number of amides is 2. The molecule has 1 aliphatic rings. The lowest BCUT2D eigenvalue weighted by molar-refractivity contribution is -0.150. The molecule has 0 bridgehead atoms. The first-order valence-corrected chi connectivity index (χ1v) is 13.8. The lowest BCUT2D eigenvalue weighted by atomic mass is 9.88. The average Bonchev–Trinajstić information content (AvgIpc) is 3.63. The van der Waals surface area contributed by atoms with E-state index in [-0.39, 0.29) is 19.1 Å². The summed E-state index contributed by atoms with van der Waals surface area (Å²) in [6.07, 6.45) is 2.77. The summed E-state index contributed by atoms with van der Waals surface area (Å²) < 4.78 is 10.7. The number of carbonyl (C=O) groups is 3. The van der Waals surface area contributed by atoms with Gasteiger partial charge in [0.05, 0.1) is 5.92 Å². The number of ether oxygens (including phenoxy) is 1. The maximum absolute atomic E-state index is 13.4. The summed E-state index contributed by atoms with van der Waals surface area (Å²) in [5.74, 6) is -2.01. The Labute approximate surface area is 234 Å². The summed E-state index contributed by atoms with van der Waals surface area (Å²) in [5, 5.41) is 20.6. The van der Waals surface area contributed by atoms with Crippen LogP contribution in [-0.2, 0) is 32.3 Å². The lowest BCUT2D eigenvalue weighted by Crippen LogP contribution is -2.50. The zero-order valence-electron chi connectivity index (χ0n) is 23.0. The van der Waals surface area contributed by atoms with Crippen molar-refractivity contribution in [2.75, 3.05) is 0 Å². The van der Waals surface area contributed by atoms with E-state index in [1.807, 2.05) is 60.7 Å². The highest BCUT2D eigenvalue weighted by Crippen LogP contribution is 2.32. The molecule has 1 heterocycles. The van der Waals surface area contributed by atoms with Crippen LogP contribution >= 0.6 is 0 Å². The molecule has 1 fully saturated rings. The van der Waals surface area contributed by atoms with Gasteiger partial charge in [-0.2, -0.15) is 0 Å². The molecule has 0 saturated heterocycles. The van der Waals surface area contributed by atoms with Gasteiger partial charge in [0.2, 0.25) is 11.8 Å². The fourth-order valence-electron chi connectivity index (χ4n) is 5.11. The molecule has 3 atom stereocenters. The highest BCUT2D eigenvalue weighted by atomic mass is 16.5. The van der Waals surface area contributed by atoms with Crippen LogP contribution in [-0.4, -0.2) is 40.2 Å². The van der Waals surface area contributed by atoms with Crippen LogP contribution in [0.1, 0.15) is 55.9 Å². The number of aliphatic hydroxyl groups excluding tert-OH is 1. The van der Waals surface area contributed by atoms with E-state index in [4.69, 9.17) is 9.26 Å². The van der Waals surface area contributed by atoms with E-state index in [1.165, 1.54) is 6.92 Å². The van der Waals surface area contributed by atoms with Crippen LogP contribution in [0.4, 0.5) is 0 Å². The first-order valence-electron chi connectivity index (χ1n) is 13.8. The van der Waals surface area contributed by atoms with Crippen LogP contribution in [0.25, 0.3) is 11.3 Å². The van der Waals surface area contributed by atoms with Crippen molar-refractivity contribution in [3.63, 3.8) is 0 Å². The Morgan fingerprint density at radius 3 is 2.35 bits per heavy atom. The zero-order chi connectivity index (χ0) is 28.5. The highest BCUT2D eigenvalue weighted by Gasteiger charge is 2.36. The van der Waals surface area contributed by atoms with E-state index >= 15 is 0 Å². The van der Waals surface area contributed by atoms with Gasteiger partial charge in [-0.3, -0.25) is 9.59 Å². The molecule has 9 nitrogen and oxygen atoms in total. The molecule has 4 rings (SSSR count). The van der Waals surface area contributed by atoms with Crippen LogP contribution in [0.15, 0.2) is 65.2 Å². The SMILES string of the molecule is Cc1onc(-c2ccccc2)c1CNC(=O)C(CC1CCCC1)C(O)C(=O)NC(C)C(=O)OCc1ccccc1. The molecule has 0 aliphatic heterocycles. The van der Waals surface area contributed by atoms with E-state index in [2.05, 4.69) is 15.8 Å². The number of aliphatic hydroxyl groups is 1. The van der Waals surface area contributed by atoms with Gasteiger partial charge in [-0.1, -0.05) is 91.5 Å². The Morgan fingerprint density at radius 1 is 1.02 bits per heavy atom. The van der Waals surface area contributed by atoms with Crippen LogP contribution in [0.5, 0.6) is 0 Å². The van der Waals surface area contributed by atoms with Gasteiger partial charge < -0.3 is 25.0 Å². The maximum Gasteiger partial charge on any atom is 0.328 e. The number of aromatic nitrogens is 1. The van der Waals surface area contributed by atoms with E-state index in [1.54, 1.807) is 6.92 Å². The van der Waals surface area contributed by atoms with Gasteiger partial charge >= 0.3 is 5.97 Å². The Balaban J connectivity index is 1.39. The number of benzene rings is 2. The minimum absolute atomic E-state index is 0.0718. The van der Waals surface area contributed by atoms with Gasteiger partial charge in [0.1, 0.15) is 30.2 Å². The van der Waals surface area contributed by atoms with Crippen molar-refractivity contribution in [2.24, 2.45) is 11.8 Å². The van der Waals surface area contributed by atoms with Gasteiger partial charge in [0.25, 0.3) is 0 Å². The Morgan fingerprint density at radius 2 is 1.68 bits per heavy atom. The Hall–Kier alpha value is -3.98. The summed E-state index contributed by atoms with van der Waals surface area (Å²) in [7, 11) is 0. The van der Waals surface area contributed by atoms with Crippen LogP contribution < -0.4 is 10.6 Å². The summed E-state index contributed by atoms with van der Waals surface area (Å²) >= 11 is 0. The number of aryl methyl sites for hydroxylation is 1. The molecule has 3 unspecified atom stereocenters. The Bertz CT molecular complexity index is 1270. The fourth-order valence-corrected chi connectivity index (χ4v) is 5.11. The third-order valence-corrected chi connectivity index (χ3v) is 7.46. The minimum atomic E-state index is -1.62. The number of nitrogens with zero attached hydrogens (tertiary/aromatic N) is 1. The number of hydrogen-bond donors (Lipinski definition) is 3. The molecule has 0 spiro atoms. The number of rotatable bonds is 12. The first-order chi connectivity index (χ1) is 19.3. The van der Waals surface area contributed by atoms with E-state index in [9.17, 15) is 19.5 Å². The molecule has 212 valence electrons. The van der Waals surface area contributed by atoms with Gasteiger partial charge in [-0.05, 0) is 31.7 Å². The molecule has 3 aromatic rings. The molecule has 1 saturated carbocycles. The third-order valence-electron chi connectivity index (χ3n) is 7.46. The smallest absolute Gasteiger partial charge is 0.328 e. The normalized spacial score (nSPS) is 15.7. The van der Waals surface area contributed by atoms with Crippen molar-refractivity contribution in [3.8, 4) is 11.3 Å². The Kier molecular flexibility index (Phi) is 10.1. The highest BCUT2D eigenvalue weighted by molar-refractivity contribution is 5.91. The van der Waals surface area contributed by atoms with Crippen molar-refractivity contribution in [2.45, 2.75) is 71.2 Å². The number of hydrogen-bond acceptors (Lipinski definition) is 7. The average molecular weight is 548 g/mol. The molecular formula is C31H37N3O6. The minimum Gasteiger partial charge on any atom is -0.459 e. The first kappa shape index (κ1) is 29.0. The predicted molar refractivity (Wildman–Crippen MR) is 148 cm³/mol. The van der Waals surface area contributed by atoms with Crippen LogP contribution in [0.2, 0.25) is 0 Å². The van der Waals surface area contributed by atoms with Gasteiger partial charge in [-0.15, -0.1) is 0 Å². The fraction of sp³-hybridized carbons (Fsp3) is 0.419. The quantitative estimate of drug-likeness (QED) is 0.291. The van der Waals surface area contributed by atoms with Crippen molar-refractivity contribution in [3.05, 3.63) is 77.6 Å². The van der Waals surface area contributed by atoms with Crippen molar-refractivity contribution in [1.82, 2.24) is 15.8 Å². The largest absolute Gasteiger partial charge is 0.459 e. The summed E-state index contributed by atoms with van der Waals surface area (Å²) in [4.78, 5) is 38.9. The second-order valence-corrected chi connectivity index (χ2v) is 10.4. The summed E-state index contributed by atoms with van der Waals surface area (Å²) in [6, 6.07) is 17.7. The third kappa shape index (κ3) is 7.57. The van der Waals surface area contributed by atoms with E-state index in [0.29, 0.717) is 17.9 Å². The van der Waals surface area contributed by atoms with Crippen molar-refractivity contribution in [1.29, 1.82) is 0 Å². The number of carbonyl (C=O) groups excluding carboxylic acids is 3. The van der Waals surface area contributed by atoms with Gasteiger partial charge in [-0.25, -0.2) is 4.79 Å². The number of nitrogens with one attached hydrogen (secondary N) is 2. The molecule has 40 heavy (non-hydrogen) atoms. The van der Waals surface area contributed by atoms with Gasteiger partial charge in [0, 0.05) is 17.7 Å². The summed E-state index contributed by atoms with van der Waals surface area (Å²) in [6.45, 7) is 3.47. The second kappa shape index (κ2) is 13.9. The molecule has 1 aromatic heterocycles. The standard InChI is InChI=1S/C31H37N3O6/c1-20(31(38)39-19-23-13-5-3-6-14-23)33-30(37)28(35)25(17-22-11-9-10-12-22)29(36)32-18-26-21(2)40-34-27(26)24-15-7-4-8-16-24/h3-8,13-16,20,22,25,28,35H,9-12,17-19H2,1-2H3,(H,32,36)(H,33,37). The molecule has 1 aliphatic carbocycles. The van der Waals surface area contributed by atoms with Crippen LogP contribution in [0, 0.1) is 18.8 Å². The molecular weight excluding hydrogens is 510 g/mol. The molecule has 0 radical (unpaired) electrons.